The largest absolute Gasteiger partial charge is 0.388 e. The van der Waals surface area contributed by atoms with Crippen molar-refractivity contribution >= 4 is 23.3 Å². The predicted molar refractivity (Wildman–Crippen MR) is 107 cm³/mol. The van der Waals surface area contributed by atoms with E-state index >= 15 is 0 Å². The number of nitrogens with one attached hydrogen (secondary N) is 2. The van der Waals surface area contributed by atoms with E-state index in [0.717, 1.165) is 37.0 Å². The molecule has 1 aliphatic carbocycles. The van der Waals surface area contributed by atoms with Crippen molar-refractivity contribution < 1.29 is 14.7 Å². The molecule has 1 saturated heterocycles. The molecular formula is C20H31N3O3S. The van der Waals surface area contributed by atoms with Crippen LogP contribution in [0, 0.1) is 5.92 Å². The highest BCUT2D eigenvalue weighted by atomic mass is 32.1. The normalized spacial score (nSPS) is 28.9. The van der Waals surface area contributed by atoms with Gasteiger partial charge < -0.3 is 20.6 Å². The molecule has 2 aliphatic rings. The van der Waals surface area contributed by atoms with Gasteiger partial charge in [0, 0.05) is 23.9 Å². The van der Waals surface area contributed by atoms with Gasteiger partial charge in [0.15, 0.2) is 0 Å². The summed E-state index contributed by atoms with van der Waals surface area (Å²) in [7, 11) is 0. The fraction of sp³-hybridized carbons (Fsp3) is 0.700. The third kappa shape index (κ3) is 4.46. The number of nitrogens with zero attached hydrogens (tertiary/aromatic N) is 1. The van der Waals surface area contributed by atoms with Gasteiger partial charge in [0.25, 0.3) is 0 Å². The number of carbonyl (C=O) groups is 2. The van der Waals surface area contributed by atoms with E-state index < -0.39 is 11.6 Å². The molecule has 1 aromatic heterocycles. The van der Waals surface area contributed by atoms with Gasteiger partial charge in [0.1, 0.15) is 0 Å². The van der Waals surface area contributed by atoms with Crippen molar-refractivity contribution in [1.82, 2.24) is 15.5 Å². The summed E-state index contributed by atoms with van der Waals surface area (Å²) in [5.74, 6) is 0.0317. The number of hydrogen-bond acceptors (Lipinski definition) is 4. The summed E-state index contributed by atoms with van der Waals surface area (Å²) < 4.78 is 0. The van der Waals surface area contributed by atoms with Crippen LogP contribution in [0.4, 0.5) is 4.79 Å². The van der Waals surface area contributed by atoms with Gasteiger partial charge in [-0.25, -0.2) is 4.79 Å². The minimum Gasteiger partial charge on any atom is -0.388 e. The molecule has 0 bridgehead atoms. The molecule has 1 aromatic rings. The molecule has 27 heavy (non-hydrogen) atoms. The molecule has 0 aromatic carbocycles. The first kappa shape index (κ1) is 20.1. The van der Waals surface area contributed by atoms with E-state index in [1.807, 2.05) is 24.4 Å². The number of hydrogen-bond donors (Lipinski definition) is 3. The number of aliphatic hydroxyl groups is 1. The van der Waals surface area contributed by atoms with Gasteiger partial charge in [-0.15, -0.1) is 11.3 Å². The lowest BCUT2D eigenvalue weighted by molar-refractivity contribution is -0.131. The molecule has 6 nitrogen and oxygen atoms in total. The van der Waals surface area contributed by atoms with Gasteiger partial charge >= 0.3 is 6.03 Å². The fourth-order valence-electron chi connectivity index (χ4n) is 4.19. The first-order valence-corrected chi connectivity index (χ1v) is 10.9. The Bertz CT molecular complexity index is 641. The molecule has 3 atom stereocenters. The maximum absolute atomic E-state index is 12.8. The van der Waals surface area contributed by atoms with Crippen LogP contribution in [0.1, 0.15) is 63.3 Å². The van der Waals surface area contributed by atoms with Crippen LogP contribution in [0.5, 0.6) is 0 Å². The van der Waals surface area contributed by atoms with Crippen LogP contribution in [-0.4, -0.2) is 46.7 Å². The molecule has 0 unspecified atom stereocenters. The quantitative estimate of drug-likeness (QED) is 0.719. The number of urea groups is 1. The third-order valence-electron chi connectivity index (χ3n) is 5.83. The third-order valence-corrected chi connectivity index (χ3v) is 6.77. The van der Waals surface area contributed by atoms with E-state index in [1.165, 1.54) is 0 Å². The lowest BCUT2D eigenvalue weighted by Crippen LogP contribution is -2.64. The van der Waals surface area contributed by atoms with Gasteiger partial charge in [-0.2, -0.15) is 0 Å². The lowest BCUT2D eigenvalue weighted by Gasteiger charge is -2.48. The van der Waals surface area contributed by atoms with Crippen LogP contribution in [0.25, 0.3) is 0 Å². The van der Waals surface area contributed by atoms with Crippen molar-refractivity contribution in [3.63, 3.8) is 0 Å². The molecule has 3 rings (SSSR count). The number of thiophene rings is 1. The maximum atomic E-state index is 12.8. The molecule has 0 spiro atoms. The molecule has 0 radical (unpaired) electrons. The average molecular weight is 394 g/mol. The van der Waals surface area contributed by atoms with Crippen LogP contribution >= 0.6 is 11.3 Å². The summed E-state index contributed by atoms with van der Waals surface area (Å²) in [6.07, 6.45) is 5.28. The first-order chi connectivity index (χ1) is 12.9. The van der Waals surface area contributed by atoms with Crippen LogP contribution in [0.15, 0.2) is 17.5 Å². The van der Waals surface area contributed by atoms with Gasteiger partial charge in [-0.05, 0) is 44.1 Å². The second-order valence-electron chi connectivity index (χ2n) is 7.96. The number of carbonyl (C=O) groups excluding carboxylic acids is 2. The lowest BCUT2D eigenvalue weighted by atomic mass is 9.81. The molecule has 3 N–H and O–H groups in total. The topological polar surface area (TPSA) is 81.7 Å². The van der Waals surface area contributed by atoms with Crippen LogP contribution < -0.4 is 10.6 Å². The fourth-order valence-corrected chi connectivity index (χ4v) is 5.07. The minimum atomic E-state index is -1.07. The first-order valence-electron chi connectivity index (χ1n) is 10.0. The molecular weight excluding hydrogens is 362 g/mol. The smallest absolute Gasteiger partial charge is 0.318 e. The van der Waals surface area contributed by atoms with Gasteiger partial charge in [0.2, 0.25) is 5.91 Å². The summed E-state index contributed by atoms with van der Waals surface area (Å²) in [5.41, 5.74) is -1.07. The van der Waals surface area contributed by atoms with Gasteiger partial charge in [-0.3, -0.25) is 4.79 Å². The Hall–Kier alpha value is -1.60. The van der Waals surface area contributed by atoms with Crippen LogP contribution in [-0.2, 0) is 4.79 Å². The van der Waals surface area contributed by atoms with Crippen molar-refractivity contribution in [2.75, 3.05) is 13.1 Å². The molecule has 2 heterocycles. The van der Waals surface area contributed by atoms with E-state index in [2.05, 4.69) is 10.6 Å². The van der Waals surface area contributed by atoms with E-state index in [0.29, 0.717) is 19.5 Å². The number of likely N-dealkylation sites (tertiary alicyclic amines) is 1. The standard InChI is InChI=1S/C20H31N3O3S/c1-3-11-21-19(25)23-12-10-20(2,26)17(16(23)15-9-6-13-27-15)22-18(24)14-7-4-5-8-14/h6,9,13-14,16-17,26H,3-5,7-8,10-12H2,1-2H3,(H,21,25)(H,22,24)/t16-,17-,20+/m0/s1. The molecule has 1 saturated carbocycles. The summed E-state index contributed by atoms with van der Waals surface area (Å²) in [6.45, 7) is 4.86. The van der Waals surface area contributed by atoms with Crippen molar-refractivity contribution in [3.8, 4) is 0 Å². The number of rotatable bonds is 5. The number of amides is 3. The highest BCUT2D eigenvalue weighted by molar-refractivity contribution is 7.10. The van der Waals surface area contributed by atoms with E-state index in [-0.39, 0.29) is 23.9 Å². The maximum Gasteiger partial charge on any atom is 0.318 e. The van der Waals surface area contributed by atoms with Crippen molar-refractivity contribution in [3.05, 3.63) is 22.4 Å². The van der Waals surface area contributed by atoms with E-state index in [9.17, 15) is 14.7 Å². The average Bonchev–Trinajstić information content (AvgIpc) is 3.34. The summed E-state index contributed by atoms with van der Waals surface area (Å²) in [5, 5.41) is 19.1. The van der Waals surface area contributed by atoms with Crippen LogP contribution in [0.2, 0.25) is 0 Å². The Morgan fingerprint density at radius 1 is 1.37 bits per heavy atom. The predicted octanol–water partition coefficient (Wildman–Crippen LogP) is 3.04. The highest BCUT2D eigenvalue weighted by Gasteiger charge is 2.48. The molecule has 150 valence electrons. The minimum absolute atomic E-state index is 0.00940. The zero-order valence-corrected chi connectivity index (χ0v) is 17.1. The van der Waals surface area contributed by atoms with Crippen molar-refractivity contribution in [2.45, 2.75) is 70.1 Å². The Labute approximate surface area is 165 Å². The van der Waals surface area contributed by atoms with Gasteiger partial charge in [0.05, 0.1) is 17.7 Å². The molecule has 3 amide bonds. The van der Waals surface area contributed by atoms with E-state index in [1.54, 1.807) is 23.2 Å². The van der Waals surface area contributed by atoms with Crippen molar-refractivity contribution in [1.29, 1.82) is 0 Å². The summed E-state index contributed by atoms with van der Waals surface area (Å²) in [6, 6.07) is 2.90. The second kappa shape index (κ2) is 8.61. The Balaban J connectivity index is 1.87. The van der Waals surface area contributed by atoms with E-state index in [4.69, 9.17) is 0 Å². The zero-order valence-electron chi connectivity index (χ0n) is 16.2. The van der Waals surface area contributed by atoms with Crippen LogP contribution in [0.3, 0.4) is 0 Å². The molecule has 1 aliphatic heterocycles. The highest BCUT2D eigenvalue weighted by Crippen LogP contribution is 2.39. The molecule has 2 fully saturated rings. The van der Waals surface area contributed by atoms with Gasteiger partial charge in [-0.1, -0.05) is 25.8 Å². The molecule has 7 heteroatoms. The second-order valence-corrected chi connectivity index (χ2v) is 8.94. The zero-order chi connectivity index (χ0) is 19.4. The Kier molecular flexibility index (Phi) is 6.42. The number of piperidine rings is 1. The monoisotopic (exact) mass is 393 g/mol. The summed E-state index contributed by atoms with van der Waals surface area (Å²) >= 11 is 1.55. The summed E-state index contributed by atoms with van der Waals surface area (Å²) in [4.78, 5) is 28.4. The Morgan fingerprint density at radius 3 is 2.74 bits per heavy atom. The Morgan fingerprint density at radius 2 is 2.11 bits per heavy atom. The van der Waals surface area contributed by atoms with Crippen molar-refractivity contribution in [2.24, 2.45) is 5.92 Å². The SMILES string of the molecule is CCCNC(=O)N1CC[C@@](C)(O)[C@@H](NC(=O)C2CCCC2)[C@@H]1c1cccs1.